The summed E-state index contributed by atoms with van der Waals surface area (Å²) < 4.78 is 0. The van der Waals surface area contributed by atoms with Crippen LogP contribution in [-0.2, 0) is 0 Å². The van der Waals surface area contributed by atoms with E-state index in [0.29, 0.717) is 5.41 Å². The Labute approximate surface area is 83.3 Å². The molecule has 1 N–H and O–H groups in total. The third kappa shape index (κ3) is 4.66. The topological polar surface area (TPSA) is 12.0 Å². The van der Waals surface area contributed by atoms with Crippen molar-refractivity contribution in [2.45, 2.75) is 59.4 Å². The van der Waals surface area contributed by atoms with Gasteiger partial charge in [0.25, 0.3) is 0 Å². The molecular weight excluding hydrogens is 158 g/mol. The Morgan fingerprint density at radius 2 is 1.92 bits per heavy atom. The fraction of sp³-hybridized carbons (Fsp3) is 1.00. The maximum absolute atomic E-state index is 3.67. The molecule has 0 radical (unpaired) electrons. The van der Waals surface area contributed by atoms with Crippen molar-refractivity contribution in [1.29, 1.82) is 0 Å². The van der Waals surface area contributed by atoms with Gasteiger partial charge in [-0.1, -0.05) is 27.7 Å². The number of hydrogen-bond donors (Lipinski definition) is 1. The molecule has 0 amide bonds. The zero-order valence-corrected chi connectivity index (χ0v) is 9.69. The van der Waals surface area contributed by atoms with Crippen LogP contribution in [0.2, 0.25) is 0 Å². The summed E-state index contributed by atoms with van der Waals surface area (Å²) in [5, 5.41) is 3.67. The van der Waals surface area contributed by atoms with Crippen molar-refractivity contribution in [2.24, 2.45) is 11.3 Å². The molecule has 1 aliphatic rings. The average molecular weight is 183 g/mol. The second-order valence-electron chi connectivity index (χ2n) is 5.88. The first kappa shape index (κ1) is 11.0. The van der Waals surface area contributed by atoms with Crippen LogP contribution in [0.15, 0.2) is 0 Å². The van der Waals surface area contributed by atoms with E-state index in [1.54, 1.807) is 0 Å². The van der Waals surface area contributed by atoms with Crippen LogP contribution in [0.4, 0.5) is 0 Å². The van der Waals surface area contributed by atoms with E-state index in [-0.39, 0.29) is 0 Å². The summed E-state index contributed by atoms with van der Waals surface area (Å²) in [4.78, 5) is 0. The van der Waals surface area contributed by atoms with Crippen molar-refractivity contribution in [3.8, 4) is 0 Å². The monoisotopic (exact) mass is 183 g/mol. The molecule has 13 heavy (non-hydrogen) atoms. The first-order valence-corrected chi connectivity index (χ1v) is 5.71. The van der Waals surface area contributed by atoms with Crippen molar-refractivity contribution >= 4 is 0 Å². The minimum atomic E-state index is 0.483. The van der Waals surface area contributed by atoms with Gasteiger partial charge < -0.3 is 5.32 Å². The van der Waals surface area contributed by atoms with Crippen molar-refractivity contribution in [2.75, 3.05) is 6.54 Å². The molecular formula is C12H25N. The molecule has 1 heteroatoms. The Balaban J connectivity index is 2.07. The van der Waals surface area contributed by atoms with Crippen molar-refractivity contribution in [3.63, 3.8) is 0 Å². The molecule has 1 aliphatic carbocycles. The highest BCUT2D eigenvalue weighted by Crippen LogP contribution is 2.25. The highest BCUT2D eigenvalue weighted by molar-refractivity contribution is 4.78. The Kier molecular flexibility index (Phi) is 3.78. The maximum atomic E-state index is 3.67. The third-order valence-electron chi connectivity index (χ3n) is 3.00. The van der Waals surface area contributed by atoms with E-state index in [2.05, 4.69) is 33.0 Å². The van der Waals surface area contributed by atoms with Crippen LogP contribution in [0.5, 0.6) is 0 Å². The lowest BCUT2D eigenvalue weighted by atomic mass is 9.92. The SMILES string of the molecule is C[C@H]1CC[C@H](NCCC(C)(C)C)C1. The van der Waals surface area contributed by atoms with Gasteiger partial charge in [0, 0.05) is 6.04 Å². The predicted octanol–water partition coefficient (Wildman–Crippen LogP) is 3.20. The Bertz CT molecular complexity index is 146. The quantitative estimate of drug-likeness (QED) is 0.708. The van der Waals surface area contributed by atoms with Gasteiger partial charge in [-0.05, 0) is 43.6 Å². The van der Waals surface area contributed by atoms with Crippen LogP contribution in [0.1, 0.15) is 53.4 Å². The highest BCUT2D eigenvalue weighted by atomic mass is 14.9. The molecule has 1 rings (SSSR count). The lowest BCUT2D eigenvalue weighted by molar-refractivity contribution is 0.352. The standard InChI is InChI=1S/C12H25N/c1-10-5-6-11(9-10)13-8-7-12(2,3)4/h10-11,13H,5-9H2,1-4H3/t10-,11-/m0/s1. The molecule has 1 nitrogen and oxygen atoms in total. The predicted molar refractivity (Wildman–Crippen MR) is 58.9 cm³/mol. The fourth-order valence-corrected chi connectivity index (χ4v) is 2.04. The fourth-order valence-electron chi connectivity index (χ4n) is 2.04. The van der Waals surface area contributed by atoms with Gasteiger partial charge in [0.05, 0.1) is 0 Å². The number of rotatable bonds is 3. The summed E-state index contributed by atoms with van der Waals surface area (Å²) in [6.07, 6.45) is 5.50. The average Bonchev–Trinajstić information content (AvgIpc) is 2.33. The van der Waals surface area contributed by atoms with E-state index >= 15 is 0 Å². The zero-order chi connectivity index (χ0) is 9.90. The molecule has 78 valence electrons. The maximum Gasteiger partial charge on any atom is 0.00697 e. The zero-order valence-electron chi connectivity index (χ0n) is 9.69. The molecule has 0 aromatic rings. The van der Waals surface area contributed by atoms with E-state index in [1.165, 1.54) is 32.2 Å². The van der Waals surface area contributed by atoms with Crippen LogP contribution in [-0.4, -0.2) is 12.6 Å². The van der Waals surface area contributed by atoms with Crippen LogP contribution < -0.4 is 5.32 Å². The van der Waals surface area contributed by atoms with Gasteiger partial charge in [-0.3, -0.25) is 0 Å². The molecule has 0 saturated heterocycles. The molecule has 0 unspecified atom stereocenters. The molecule has 0 spiro atoms. The first-order chi connectivity index (χ1) is 5.97. The third-order valence-corrected chi connectivity index (χ3v) is 3.00. The van der Waals surface area contributed by atoms with E-state index in [0.717, 1.165) is 12.0 Å². The van der Waals surface area contributed by atoms with Gasteiger partial charge in [-0.25, -0.2) is 0 Å². The minimum Gasteiger partial charge on any atom is -0.314 e. The Morgan fingerprint density at radius 3 is 2.38 bits per heavy atom. The van der Waals surface area contributed by atoms with Gasteiger partial charge >= 0.3 is 0 Å². The van der Waals surface area contributed by atoms with Gasteiger partial charge in [0.2, 0.25) is 0 Å². The molecule has 0 aromatic carbocycles. The van der Waals surface area contributed by atoms with E-state index in [1.807, 2.05) is 0 Å². The molecule has 0 bridgehead atoms. The Hall–Kier alpha value is -0.0400. The van der Waals surface area contributed by atoms with Crippen molar-refractivity contribution < 1.29 is 0 Å². The van der Waals surface area contributed by atoms with Gasteiger partial charge in [-0.2, -0.15) is 0 Å². The molecule has 2 atom stereocenters. The summed E-state index contributed by atoms with van der Waals surface area (Å²) in [5.41, 5.74) is 0.483. The van der Waals surface area contributed by atoms with Crippen LogP contribution >= 0.6 is 0 Å². The number of hydrogen-bond acceptors (Lipinski definition) is 1. The van der Waals surface area contributed by atoms with Crippen molar-refractivity contribution in [3.05, 3.63) is 0 Å². The minimum absolute atomic E-state index is 0.483. The van der Waals surface area contributed by atoms with Crippen LogP contribution in [0.25, 0.3) is 0 Å². The molecule has 1 fully saturated rings. The lowest BCUT2D eigenvalue weighted by Crippen LogP contribution is -2.29. The molecule has 0 aromatic heterocycles. The largest absolute Gasteiger partial charge is 0.314 e. The van der Waals surface area contributed by atoms with Gasteiger partial charge in [-0.15, -0.1) is 0 Å². The van der Waals surface area contributed by atoms with Crippen LogP contribution in [0, 0.1) is 11.3 Å². The summed E-state index contributed by atoms with van der Waals surface area (Å²) >= 11 is 0. The second kappa shape index (κ2) is 4.45. The van der Waals surface area contributed by atoms with E-state index < -0.39 is 0 Å². The van der Waals surface area contributed by atoms with Gasteiger partial charge in [0.15, 0.2) is 0 Å². The number of nitrogens with one attached hydrogen (secondary N) is 1. The normalized spacial score (nSPS) is 29.5. The van der Waals surface area contributed by atoms with E-state index in [9.17, 15) is 0 Å². The highest BCUT2D eigenvalue weighted by Gasteiger charge is 2.20. The summed E-state index contributed by atoms with van der Waals surface area (Å²) in [7, 11) is 0. The lowest BCUT2D eigenvalue weighted by Gasteiger charge is -2.20. The summed E-state index contributed by atoms with van der Waals surface area (Å²) in [6, 6.07) is 0.817. The summed E-state index contributed by atoms with van der Waals surface area (Å²) in [5.74, 6) is 0.951. The molecule has 1 saturated carbocycles. The molecule has 0 aliphatic heterocycles. The Morgan fingerprint density at radius 1 is 1.23 bits per heavy atom. The van der Waals surface area contributed by atoms with Crippen LogP contribution in [0.3, 0.4) is 0 Å². The van der Waals surface area contributed by atoms with E-state index in [4.69, 9.17) is 0 Å². The van der Waals surface area contributed by atoms with Crippen molar-refractivity contribution in [1.82, 2.24) is 5.32 Å². The smallest absolute Gasteiger partial charge is 0.00697 e. The summed E-state index contributed by atoms with van der Waals surface area (Å²) in [6.45, 7) is 10.5. The van der Waals surface area contributed by atoms with Gasteiger partial charge in [0.1, 0.15) is 0 Å². The molecule has 0 heterocycles. The first-order valence-electron chi connectivity index (χ1n) is 5.71. The second-order valence-corrected chi connectivity index (χ2v) is 5.88.